The quantitative estimate of drug-likeness (QED) is 0.744. The second-order valence-corrected chi connectivity index (χ2v) is 3.76. The van der Waals surface area contributed by atoms with Crippen LogP contribution in [0.25, 0.3) is 0 Å². The molecule has 2 N–H and O–H groups in total. The SMILES string of the molecule is [2H]c1nc([2H])c(N)c(N2CCCCC2C)c1[2H]. The Balaban J connectivity index is 2.49. The molecule has 1 aromatic rings. The Labute approximate surface area is 89.1 Å². The van der Waals surface area contributed by atoms with Crippen LogP contribution in [0.3, 0.4) is 0 Å². The second-order valence-electron chi connectivity index (χ2n) is 3.76. The molecular weight excluding hydrogens is 174 g/mol. The highest BCUT2D eigenvalue weighted by molar-refractivity contribution is 5.66. The van der Waals surface area contributed by atoms with Crippen molar-refractivity contribution in [3.63, 3.8) is 0 Å². The van der Waals surface area contributed by atoms with Crippen LogP contribution in [0.5, 0.6) is 0 Å². The van der Waals surface area contributed by atoms with E-state index in [9.17, 15) is 0 Å². The van der Waals surface area contributed by atoms with E-state index < -0.39 is 0 Å². The Morgan fingerprint density at radius 3 is 3.29 bits per heavy atom. The van der Waals surface area contributed by atoms with Crippen LogP contribution in [0.1, 0.15) is 30.3 Å². The molecule has 0 spiro atoms. The van der Waals surface area contributed by atoms with E-state index in [-0.39, 0.29) is 24.1 Å². The molecule has 3 nitrogen and oxygen atoms in total. The number of pyridine rings is 1. The molecule has 1 aliphatic heterocycles. The molecule has 14 heavy (non-hydrogen) atoms. The zero-order chi connectivity index (χ0) is 12.6. The summed E-state index contributed by atoms with van der Waals surface area (Å²) in [6, 6.07) is 0.337. The summed E-state index contributed by atoms with van der Waals surface area (Å²) in [5, 5.41) is 0. The summed E-state index contributed by atoms with van der Waals surface area (Å²) in [5.41, 5.74) is 6.59. The monoisotopic (exact) mass is 194 g/mol. The molecule has 0 radical (unpaired) electrons. The van der Waals surface area contributed by atoms with Crippen molar-refractivity contribution in [2.45, 2.75) is 32.2 Å². The van der Waals surface area contributed by atoms with Gasteiger partial charge in [0.05, 0.1) is 21.7 Å². The summed E-state index contributed by atoms with van der Waals surface area (Å²) < 4.78 is 23.1. The van der Waals surface area contributed by atoms with Crippen LogP contribution < -0.4 is 10.6 Å². The fourth-order valence-corrected chi connectivity index (χ4v) is 1.95. The van der Waals surface area contributed by atoms with Crippen LogP contribution >= 0.6 is 0 Å². The van der Waals surface area contributed by atoms with Crippen LogP contribution in [0, 0.1) is 0 Å². The summed E-state index contributed by atoms with van der Waals surface area (Å²) in [4.78, 5) is 5.69. The number of anilines is 2. The van der Waals surface area contributed by atoms with Crippen molar-refractivity contribution >= 4 is 11.4 Å². The fourth-order valence-electron chi connectivity index (χ4n) is 1.95. The third-order valence-corrected chi connectivity index (χ3v) is 2.75. The number of hydrogen-bond acceptors (Lipinski definition) is 3. The van der Waals surface area contributed by atoms with E-state index in [4.69, 9.17) is 9.85 Å². The normalized spacial score (nSPS) is 25.4. The number of piperidine rings is 1. The molecular formula is C11H17N3. The first-order chi connectivity index (χ1) is 8.02. The second kappa shape index (κ2) is 3.86. The van der Waals surface area contributed by atoms with Gasteiger partial charge in [-0.2, -0.15) is 0 Å². The zero-order valence-electron chi connectivity index (χ0n) is 11.4. The van der Waals surface area contributed by atoms with Gasteiger partial charge in [0.25, 0.3) is 0 Å². The maximum atomic E-state index is 7.90. The third-order valence-electron chi connectivity index (χ3n) is 2.75. The molecule has 1 unspecified atom stereocenters. The zero-order valence-corrected chi connectivity index (χ0v) is 8.38. The number of hydrogen-bond donors (Lipinski definition) is 1. The number of nitrogens with zero attached hydrogens (tertiary/aromatic N) is 2. The number of nitrogen functional groups attached to an aromatic ring is 1. The highest BCUT2D eigenvalue weighted by atomic mass is 15.2. The first-order valence-electron chi connectivity index (χ1n) is 6.52. The summed E-state index contributed by atoms with van der Waals surface area (Å²) in [6.45, 7) is 2.92. The van der Waals surface area contributed by atoms with Crippen LogP contribution in [0.4, 0.5) is 11.4 Å². The lowest BCUT2D eigenvalue weighted by atomic mass is 10.0. The largest absolute Gasteiger partial charge is 0.396 e. The van der Waals surface area contributed by atoms with Gasteiger partial charge < -0.3 is 10.6 Å². The summed E-state index contributed by atoms with van der Waals surface area (Å²) in [7, 11) is 0. The topological polar surface area (TPSA) is 42.1 Å². The van der Waals surface area contributed by atoms with Gasteiger partial charge in [-0.3, -0.25) is 4.98 Å². The molecule has 1 aliphatic rings. The van der Waals surface area contributed by atoms with Gasteiger partial charge in [-0.05, 0) is 32.2 Å². The number of rotatable bonds is 1. The molecule has 0 bridgehead atoms. The number of nitrogens with two attached hydrogens (primary N) is 1. The van der Waals surface area contributed by atoms with Gasteiger partial charge in [-0.15, -0.1) is 0 Å². The number of aromatic nitrogens is 1. The van der Waals surface area contributed by atoms with Crippen LogP contribution in [-0.2, 0) is 0 Å². The van der Waals surface area contributed by atoms with Crippen LogP contribution in [0.15, 0.2) is 18.4 Å². The lowest BCUT2D eigenvalue weighted by molar-refractivity contribution is 0.485. The standard InChI is InChI=1S/C11H17N3/c1-9-4-2-3-7-14(9)11-5-6-13-8-10(11)12/h5-6,8-9H,2-4,7,12H2,1H3/i5D,6D,8D. The summed E-state index contributed by atoms with van der Waals surface area (Å²) >= 11 is 0. The molecule has 0 saturated carbocycles. The Morgan fingerprint density at radius 2 is 2.50 bits per heavy atom. The highest BCUT2D eigenvalue weighted by Gasteiger charge is 2.19. The van der Waals surface area contributed by atoms with E-state index >= 15 is 0 Å². The minimum absolute atomic E-state index is 0.0345. The molecule has 3 heteroatoms. The Morgan fingerprint density at radius 1 is 1.64 bits per heavy atom. The predicted molar refractivity (Wildman–Crippen MR) is 59.3 cm³/mol. The molecule has 1 fully saturated rings. The summed E-state index contributed by atoms with van der Waals surface area (Å²) in [5.74, 6) is 0. The van der Waals surface area contributed by atoms with Gasteiger partial charge in [-0.25, -0.2) is 0 Å². The average molecular weight is 194 g/mol. The first-order valence-corrected chi connectivity index (χ1v) is 5.02. The van der Waals surface area contributed by atoms with Gasteiger partial charge in [0.2, 0.25) is 0 Å². The van der Waals surface area contributed by atoms with Crippen molar-refractivity contribution in [1.82, 2.24) is 4.98 Å². The van der Waals surface area contributed by atoms with Gasteiger partial charge in [0.1, 0.15) is 0 Å². The maximum absolute atomic E-state index is 7.90. The molecule has 1 aromatic heterocycles. The smallest absolute Gasteiger partial charge is 0.0863 e. The van der Waals surface area contributed by atoms with E-state index in [0.717, 1.165) is 19.4 Å². The van der Waals surface area contributed by atoms with Gasteiger partial charge >= 0.3 is 0 Å². The Hall–Kier alpha value is -1.25. The highest BCUT2D eigenvalue weighted by Crippen LogP contribution is 2.28. The minimum Gasteiger partial charge on any atom is -0.396 e. The van der Waals surface area contributed by atoms with Gasteiger partial charge in [-0.1, -0.05) is 0 Å². The molecule has 2 heterocycles. The van der Waals surface area contributed by atoms with E-state index in [1.54, 1.807) is 0 Å². The van der Waals surface area contributed by atoms with E-state index in [1.165, 1.54) is 6.42 Å². The van der Waals surface area contributed by atoms with Crippen molar-refractivity contribution in [3.05, 3.63) is 18.4 Å². The molecule has 1 atom stereocenters. The minimum atomic E-state index is -0.169. The molecule has 0 aromatic carbocycles. The third kappa shape index (κ3) is 1.67. The molecule has 0 aliphatic carbocycles. The van der Waals surface area contributed by atoms with Crippen molar-refractivity contribution in [2.24, 2.45) is 0 Å². The van der Waals surface area contributed by atoms with Crippen molar-refractivity contribution in [2.75, 3.05) is 17.2 Å². The van der Waals surface area contributed by atoms with Gasteiger partial charge in [0.15, 0.2) is 0 Å². The van der Waals surface area contributed by atoms with E-state index in [1.807, 2.05) is 4.90 Å². The molecule has 1 saturated heterocycles. The van der Waals surface area contributed by atoms with E-state index in [0.29, 0.717) is 11.7 Å². The van der Waals surface area contributed by atoms with Crippen molar-refractivity contribution in [1.29, 1.82) is 0 Å². The Bertz CT molecular complexity index is 410. The first kappa shape index (κ1) is 6.27. The van der Waals surface area contributed by atoms with Crippen LogP contribution in [-0.4, -0.2) is 17.6 Å². The average Bonchev–Trinajstić information content (AvgIpc) is 2.29. The Kier molecular flexibility index (Phi) is 1.73. The molecule has 0 amide bonds. The fraction of sp³-hybridized carbons (Fsp3) is 0.545. The lowest BCUT2D eigenvalue weighted by Crippen LogP contribution is -2.37. The van der Waals surface area contributed by atoms with Crippen molar-refractivity contribution < 1.29 is 4.11 Å². The predicted octanol–water partition coefficient (Wildman–Crippen LogP) is 2.04. The maximum Gasteiger partial charge on any atom is 0.0863 e. The van der Waals surface area contributed by atoms with Crippen molar-refractivity contribution in [3.8, 4) is 0 Å². The lowest BCUT2D eigenvalue weighted by Gasteiger charge is -2.35. The molecule has 2 rings (SSSR count). The molecule has 76 valence electrons. The van der Waals surface area contributed by atoms with Crippen LogP contribution in [0.2, 0.25) is 0 Å². The van der Waals surface area contributed by atoms with E-state index in [2.05, 4.69) is 11.9 Å². The summed E-state index contributed by atoms with van der Waals surface area (Å²) in [6.07, 6.45) is 3.03. The van der Waals surface area contributed by atoms with Gasteiger partial charge in [0, 0.05) is 18.8 Å².